The lowest BCUT2D eigenvalue weighted by Crippen LogP contribution is -1.88. The largest absolute Gasteiger partial charge is 0.420 e. The minimum atomic E-state index is 0.598. The molecule has 102 valence electrons. The zero-order chi connectivity index (χ0) is 14.1. The summed E-state index contributed by atoms with van der Waals surface area (Å²) in [5, 5.41) is 12.7. The first kappa shape index (κ1) is 12.3. The normalized spacial score (nSPS) is 11.0. The molecular formula is C17H12N2OS. The molecule has 4 heteroatoms. The Morgan fingerprint density at radius 1 is 0.905 bits per heavy atom. The van der Waals surface area contributed by atoms with E-state index in [0.29, 0.717) is 18.2 Å². The molecule has 4 aromatic rings. The van der Waals surface area contributed by atoms with Crippen LogP contribution in [0.25, 0.3) is 21.5 Å². The van der Waals surface area contributed by atoms with Crippen molar-refractivity contribution in [2.75, 3.05) is 0 Å². The van der Waals surface area contributed by atoms with E-state index in [9.17, 15) is 0 Å². The third-order valence-electron chi connectivity index (χ3n) is 3.37. The molecule has 0 atom stereocenters. The Morgan fingerprint density at radius 2 is 1.81 bits per heavy atom. The van der Waals surface area contributed by atoms with E-state index >= 15 is 0 Å². The van der Waals surface area contributed by atoms with Crippen molar-refractivity contribution in [2.45, 2.75) is 6.42 Å². The number of hydrogen-bond donors (Lipinski definition) is 0. The average Bonchev–Trinajstić information content (AvgIpc) is 3.18. The van der Waals surface area contributed by atoms with E-state index < -0.39 is 0 Å². The Morgan fingerprint density at radius 3 is 2.67 bits per heavy atom. The number of benzene rings is 2. The van der Waals surface area contributed by atoms with E-state index in [-0.39, 0.29) is 0 Å². The quantitative estimate of drug-likeness (QED) is 0.556. The van der Waals surface area contributed by atoms with Crippen LogP contribution >= 0.6 is 11.3 Å². The second-order valence-electron chi connectivity index (χ2n) is 4.84. The zero-order valence-electron chi connectivity index (χ0n) is 11.2. The maximum atomic E-state index is 5.73. The van der Waals surface area contributed by atoms with Gasteiger partial charge in [0.1, 0.15) is 0 Å². The van der Waals surface area contributed by atoms with Crippen molar-refractivity contribution in [1.82, 2.24) is 10.2 Å². The van der Waals surface area contributed by atoms with Crippen molar-refractivity contribution in [3.05, 3.63) is 71.4 Å². The molecule has 4 rings (SSSR count). The highest BCUT2D eigenvalue weighted by Crippen LogP contribution is 2.24. The lowest BCUT2D eigenvalue weighted by Gasteiger charge is -2.01. The third kappa shape index (κ3) is 2.45. The fraction of sp³-hybridized carbons (Fsp3) is 0.0588. The highest BCUT2D eigenvalue weighted by atomic mass is 32.1. The summed E-state index contributed by atoms with van der Waals surface area (Å²) in [4.78, 5) is 1.01. The molecular weight excluding hydrogens is 280 g/mol. The van der Waals surface area contributed by atoms with Crippen molar-refractivity contribution in [1.29, 1.82) is 0 Å². The predicted octanol–water partition coefficient (Wildman–Crippen LogP) is 4.54. The number of aromatic nitrogens is 2. The molecule has 2 aromatic carbocycles. The molecule has 0 fully saturated rings. The van der Waals surface area contributed by atoms with Crippen molar-refractivity contribution in [3.8, 4) is 10.8 Å². The molecule has 21 heavy (non-hydrogen) atoms. The van der Waals surface area contributed by atoms with E-state index in [2.05, 4.69) is 40.5 Å². The van der Waals surface area contributed by atoms with Gasteiger partial charge in [0.25, 0.3) is 5.89 Å². The molecule has 0 amide bonds. The second kappa shape index (κ2) is 5.14. The summed E-state index contributed by atoms with van der Waals surface area (Å²) in [5.74, 6) is 1.24. The Kier molecular flexibility index (Phi) is 3.01. The van der Waals surface area contributed by atoms with Gasteiger partial charge >= 0.3 is 0 Å². The van der Waals surface area contributed by atoms with Crippen LogP contribution in [0.5, 0.6) is 0 Å². The molecule has 3 nitrogen and oxygen atoms in total. The van der Waals surface area contributed by atoms with Crippen molar-refractivity contribution < 1.29 is 4.42 Å². The first-order valence-corrected chi connectivity index (χ1v) is 7.60. The van der Waals surface area contributed by atoms with Crippen LogP contribution < -0.4 is 0 Å². The highest BCUT2D eigenvalue weighted by molar-refractivity contribution is 7.13. The van der Waals surface area contributed by atoms with Gasteiger partial charge in [-0.1, -0.05) is 48.5 Å². The lowest BCUT2D eigenvalue weighted by atomic mass is 10.1. The lowest BCUT2D eigenvalue weighted by molar-refractivity contribution is 0.519. The zero-order valence-corrected chi connectivity index (χ0v) is 12.0. The SMILES string of the molecule is c1csc(-c2nnc(Cc3ccc4ccccc4c3)o2)c1. The molecule has 0 spiro atoms. The molecule has 0 bridgehead atoms. The summed E-state index contributed by atoms with van der Waals surface area (Å²) in [5.41, 5.74) is 1.18. The van der Waals surface area contributed by atoms with Gasteiger partial charge in [-0.2, -0.15) is 0 Å². The van der Waals surface area contributed by atoms with Crippen LogP contribution in [0.4, 0.5) is 0 Å². The number of thiophene rings is 1. The van der Waals surface area contributed by atoms with Crippen LogP contribution in [0.15, 0.2) is 64.4 Å². The second-order valence-corrected chi connectivity index (χ2v) is 5.78. The molecule has 0 aliphatic rings. The van der Waals surface area contributed by atoms with E-state index in [1.165, 1.54) is 16.3 Å². The van der Waals surface area contributed by atoms with Crippen molar-refractivity contribution >= 4 is 22.1 Å². The van der Waals surface area contributed by atoms with Gasteiger partial charge < -0.3 is 4.42 Å². The Bertz CT molecular complexity index is 881. The average molecular weight is 292 g/mol. The van der Waals surface area contributed by atoms with E-state index in [4.69, 9.17) is 4.42 Å². The van der Waals surface area contributed by atoms with E-state index in [1.807, 2.05) is 29.6 Å². The van der Waals surface area contributed by atoms with Crippen molar-refractivity contribution in [3.63, 3.8) is 0 Å². The Labute approximate surface area is 125 Å². The highest BCUT2D eigenvalue weighted by Gasteiger charge is 2.10. The van der Waals surface area contributed by atoms with Gasteiger partial charge in [0.2, 0.25) is 5.89 Å². The van der Waals surface area contributed by atoms with Gasteiger partial charge in [-0.25, -0.2) is 0 Å². The van der Waals surface area contributed by atoms with E-state index in [0.717, 1.165) is 4.88 Å². The molecule has 0 N–H and O–H groups in total. The summed E-state index contributed by atoms with van der Waals surface area (Å²) in [6, 6.07) is 18.7. The van der Waals surface area contributed by atoms with Gasteiger partial charge in [-0.05, 0) is 27.8 Å². The predicted molar refractivity (Wildman–Crippen MR) is 84.4 cm³/mol. The summed E-state index contributed by atoms with van der Waals surface area (Å²) >= 11 is 1.60. The standard InChI is InChI=1S/C17H12N2OS/c1-2-5-14-10-12(7-8-13(14)4-1)11-16-18-19-17(20-16)15-6-3-9-21-15/h1-10H,11H2. The Hall–Kier alpha value is -2.46. The molecule has 0 radical (unpaired) electrons. The van der Waals surface area contributed by atoms with Crippen LogP contribution in [0, 0.1) is 0 Å². The van der Waals surface area contributed by atoms with Crippen LogP contribution in [0.3, 0.4) is 0 Å². The van der Waals surface area contributed by atoms with E-state index in [1.54, 1.807) is 11.3 Å². The Balaban J connectivity index is 1.62. The van der Waals surface area contributed by atoms with Crippen LogP contribution in [-0.4, -0.2) is 10.2 Å². The first-order valence-electron chi connectivity index (χ1n) is 6.72. The number of rotatable bonds is 3. The molecule has 0 aliphatic carbocycles. The van der Waals surface area contributed by atoms with Crippen LogP contribution in [0.1, 0.15) is 11.5 Å². The molecule has 0 unspecified atom stereocenters. The third-order valence-corrected chi connectivity index (χ3v) is 4.23. The summed E-state index contributed by atoms with van der Waals surface area (Å²) in [7, 11) is 0. The van der Waals surface area contributed by atoms with Crippen LogP contribution in [0.2, 0.25) is 0 Å². The molecule has 0 saturated heterocycles. The number of nitrogens with zero attached hydrogens (tertiary/aromatic N) is 2. The maximum absolute atomic E-state index is 5.73. The van der Waals surface area contributed by atoms with Crippen molar-refractivity contribution in [2.24, 2.45) is 0 Å². The number of fused-ring (bicyclic) bond motifs is 1. The first-order chi connectivity index (χ1) is 10.4. The minimum absolute atomic E-state index is 0.598. The summed E-state index contributed by atoms with van der Waals surface area (Å²) in [6.45, 7) is 0. The summed E-state index contributed by atoms with van der Waals surface area (Å²) < 4.78 is 5.73. The van der Waals surface area contributed by atoms with Gasteiger partial charge in [-0.15, -0.1) is 21.5 Å². The molecule has 0 saturated carbocycles. The summed E-state index contributed by atoms with van der Waals surface area (Å²) in [6.07, 6.45) is 0.656. The smallest absolute Gasteiger partial charge is 0.257 e. The molecule has 2 heterocycles. The van der Waals surface area contributed by atoms with Gasteiger partial charge in [-0.3, -0.25) is 0 Å². The van der Waals surface area contributed by atoms with Gasteiger partial charge in [0, 0.05) is 0 Å². The fourth-order valence-electron chi connectivity index (χ4n) is 2.35. The van der Waals surface area contributed by atoms with Crippen LogP contribution in [-0.2, 0) is 6.42 Å². The topological polar surface area (TPSA) is 38.9 Å². The number of hydrogen-bond acceptors (Lipinski definition) is 4. The maximum Gasteiger partial charge on any atom is 0.257 e. The monoisotopic (exact) mass is 292 g/mol. The van der Waals surface area contributed by atoms with Gasteiger partial charge in [0.05, 0.1) is 11.3 Å². The fourth-order valence-corrected chi connectivity index (χ4v) is 2.99. The van der Waals surface area contributed by atoms with Gasteiger partial charge in [0.15, 0.2) is 0 Å². The molecule has 0 aliphatic heterocycles. The molecule has 2 aromatic heterocycles. The minimum Gasteiger partial charge on any atom is -0.420 e.